The molecule has 0 aliphatic heterocycles. The lowest BCUT2D eigenvalue weighted by Gasteiger charge is -2.09. The van der Waals surface area contributed by atoms with E-state index in [9.17, 15) is 13.2 Å². The van der Waals surface area contributed by atoms with Gasteiger partial charge in [-0.3, -0.25) is 0 Å². The number of hydrogen-bond donors (Lipinski definition) is 1. The monoisotopic (exact) mass is 251 g/mol. The smallest absolute Gasteiger partial charge is 0.163 e. The molecule has 2 aromatic rings. The van der Waals surface area contributed by atoms with Crippen molar-refractivity contribution in [2.45, 2.75) is 13.5 Å². The summed E-state index contributed by atoms with van der Waals surface area (Å²) in [6, 6.07) is 8.82. The first kappa shape index (κ1) is 12.5. The van der Waals surface area contributed by atoms with Crippen LogP contribution < -0.4 is 5.32 Å². The van der Waals surface area contributed by atoms with Gasteiger partial charge in [0, 0.05) is 12.1 Å². The molecule has 1 nitrogen and oxygen atoms in total. The number of anilines is 1. The van der Waals surface area contributed by atoms with Crippen LogP contribution in [0.1, 0.15) is 11.1 Å². The van der Waals surface area contributed by atoms with Crippen LogP contribution >= 0.6 is 0 Å². The second-order valence-electron chi connectivity index (χ2n) is 4.00. The minimum Gasteiger partial charge on any atom is -0.378 e. The van der Waals surface area contributed by atoms with Crippen LogP contribution in [0.2, 0.25) is 0 Å². The summed E-state index contributed by atoms with van der Waals surface area (Å²) in [6.07, 6.45) is 0. The zero-order valence-electron chi connectivity index (χ0n) is 9.81. The van der Waals surface area contributed by atoms with Gasteiger partial charge in [0.05, 0.1) is 5.69 Å². The predicted molar refractivity (Wildman–Crippen MR) is 64.8 cm³/mol. The molecule has 18 heavy (non-hydrogen) atoms. The molecule has 0 saturated carbocycles. The second-order valence-corrected chi connectivity index (χ2v) is 4.00. The van der Waals surface area contributed by atoms with Gasteiger partial charge in [0.15, 0.2) is 11.6 Å². The van der Waals surface area contributed by atoms with E-state index >= 15 is 0 Å². The minimum atomic E-state index is -0.905. The van der Waals surface area contributed by atoms with Crippen LogP contribution in [0.15, 0.2) is 36.4 Å². The Bertz CT molecular complexity index is 515. The van der Waals surface area contributed by atoms with Crippen LogP contribution in [0, 0.1) is 24.4 Å². The summed E-state index contributed by atoms with van der Waals surface area (Å²) in [5.41, 5.74) is 0.939. The summed E-state index contributed by atoms with van der Waals surface area (Å²) >= 11 is 0. The van der Waals surface area contributed by atoms with E-state index in [2.05, 4.69) is 5.32 Å². The summed E-state index contributed by atoms with van der Waals surface area (Å²) in [4.78, 5) is 0. The van der Waals surface area contributed by atoms with Crippen LogP contribution in [0.25, 0.3) is 0 Å². The maximum absolute atomic E-state index is 13.7. The minimum absolute atomic E-state index is 0.0317. The van der Waals surface area contributed by atoms with Gasteiger partial charge in [-0.2, -0.15) is 0 Å². The highest BCUT2D eigenvalue weighted by molar-refractivity contribution is 5.47. The molecule has 0 heterocycles. The molecule has 0 spiro atoms. The van der Waals surface area contributed by atoms with E-state index in [4.69, 9.17) is 0 Å². The Morgan fingerprint density at radius 3 is 2.44 bits per heavy atom. The van der Waals surface area contributed by atoms with Crippen molar-refractivity contribution in [2.24, 2.45) is 0 Å². The van der Waals surface area contributed by atoms with Gasteiger partial charge < -0.3 is 5.32 Å². The summed E-state index contributed by atoms with van der Waals surface area (Å²) in [5, 5.41) is 2.76. The first-order valence-electron chi connectivity index (χ1n) is 5.51. The number of rotatable bonds is 3. The first-order chi connectivity index (χ1) is 8.59. The Kier molecular flexibility index (Phi) is 3.55. The zero-order chi connectivity index (χ0) is 13.1. The Balaban J connectivity index is 2.17. The molecule has 0 saturated heterocycles. The first-order valence-corrected chi connectivity index (χ1v) is 5.51. The fourth-order valence-electron chi connectivity index (χ4n) is 1.66. The highest BCUT2D eigenvalue weighted by atomic mass is 19.2. The number of aryl methyl sites for hydroxylation is 1. The average Bonchev–Trinajstić information content (AvgIpc) is 2.36. The molecular weight excluding hydrogens is 239 g/mol. The lowest BCUT2D eigenvalue weighted by atomic mass is 10.1. The molecule has 0 bridgehead atoms. The summed E-state index contributed by atoms with van der Waals surface area (Å²) < 4.78 is 40.0. The highest BCUT2D eigenvalue weighted by Crippen LogP contribution is 2.19. The van der Waals surface area contributed by atoms with Crippen molar-refractivity contribution in [1.82, 2.24) is 0 Å². The van der Waals surface area contributed by atoms with E-state index < -0.39 is 11.6 Å². The van der Waals surface area contributed by atoms with E-state index in [-0.39, 0.29) is 23.6 Å². The number of benzene rings is 2. The van der Waals surface area contributed by atoms with Crippen molar-refractivity contribution in [2.75, 3.05) is 5.32 Å². The average molecular weight is 251 g/mol. The fraction of sp³-hybridized carbons (Fsp3) is 0.143. The standard InChI is InChI=1S/C14H12F3N/c1-9-4-2-7-12(13(9)16)18-8-10-5-3-6-11(15)14(10)17/h2-7,18H,8H2,1H3. The molecule has 0 atom stereocenters. The third-order valence-corrected chi connectivity index (χ3v) is 2.69. The zero-order valence-corrected chi connectivity index (χ0v) is 9.81. The highest BCUT2D eigenvalue weighted by Gasteiger charge is 2.09. The molecule has 2 aromatic carbocycles. The summed E-state index contributed by atoms with van der Waals surface area (Å²) in [5.74, 6) is -2.19. The van der Waals surface area contributed by atoms with Gasteiger partial charge in [-0.05, 0) is 24.6 Å². The van der Waals surface area contributed by atoms with E-state index in [1.807, 2.05) is 0 Å². The summed E-state index contributed by atoms with van der Waals surface area (Å²) in [7, 11) is 0. The Morgan fingerprint density at radius 2 is 1.67 bits per heavy atom. The van der Waals surface area contributed by atoms with Crippen molar-refractivity contribution in [3.8, 4) is 0 Å². The third kappa shape index (κ3) is 2.47. The van der Waals surface area contributed by atoms with Crippen molar-refractivity contribution < 1.29 is 13.2 Å². The Hall–Kier alpha value is -1.97. The van der Waals surface area contributed by atoms with E-state index in [1.165, 1.54) is 12.1 Å². The van der Waals surface area contributed by atoms with Gasteiger partial charge in [-0.15, -0.1) is 0 Å². The van der Waals surface area contributed by atoms with Gasteiger partial charge in [0.1, 0.15) is 5.82 Å². The number of halogens is 3. The van der Waals surface area contributed by atoms with Crippen molar-refractivity contribution >= 4 is 5.69 Å². The Morgan fingerprint density at radius 1 is 0.944 bits per heavy atom. The quantitative estimate of drug-likeness (QED) is 0.868. The molecule has 0 radical (unpaired) electrons. The molecule has 0 aliphatic rings. The second kappa shape index (κ2) is 5.12. The van der Waals surface area contributed by atoms with Gasteiger partial charge in [0.25, 0.3) is 0 Å². The summed E-state index contributed by atoms with van der Waals surface area (Å²) in [6.45, 7) is 1.67. The Labute approximate surface area is 103 Å². The molecule has 2 rings (SSSR count). The largest absolute Gasteiger partial charge is 0.378 e. The van der Waals surface area contributed by atoms with Crippen molar-refractivity contribution in [3.05, 3.63) is 65.0 Å². The molecule has 0 fully saturated rings. The van der Waals surface area contributed by atoms with Crippen LogP contribution in [0.3, 0.4) is 0 Å². The maximum Gasteiger partial charge on any atom is 0.163 e. The van der Waals surface area contributed by atoms with Crippen LogP contribution in [0.4, 0.5) is 18.9 Å². The number of nitrogens with one attached hydrogen (secondary N) is 1. The van der Waals surface area contributed by atoms with Crippen molar-refractivity contribution in [1.29, 1.82) is 0 Å². The number of hydrogen-bond acceptors (Lipinski definition) is 1. The van der Waals surface area contributed by atoms with Crippen LogP contribution in [-0.4, -0.2) is 0 Å². The van der Waals surface area contributed by atoms with Gasteiger partial charge in [0.2, 0.25) is 0 Å². The lowest BCUT2D eigenvalue weighted by Crippen LogP contribution is -2.05. The SMILES string of the molecule is Cc1cccc(NCc2cccc(F)c2F)c1F. The van der Waals surface area contributed by atoms with Gasteiger partial charge >= 0.3 is 0 Å². The predicted octanol–water partition coefficient (Wildman–Crippen LogP) is 4.02. The van der Waals surface area contributed by atoms with E-state index in [0.717, 1.165) is 6.07 Å². The third-order valence-electron chi connectivity index (χ3n) is 2.69. The van der Waals surface area contributed by atoms with Gasteiger partial charge in [-0.1, -0.05) is 24.3 Å². The lowest BCUT2D eigenvalue weighted by molar-refractivity contribution is 0.500. The van der Waals surface area contributed by atoms with Crippen LogP contribution in [-0.2, 0) is 6.54 Å². The molecule has 0 aromatic heterocycles. The van der Waals surface area contributed by atoms with Crippen molar-refractivity contribution in [3.63, 3.8) is 0 Å². The van der Waals surface area contributed by atoms with E-state index in [1.54, 1.807) is 25.1 Å². The fourth-order valence-corrected chi connectivity index (χ4v) is 1.66. The molecule has 4 heteroatoms. The molecule has 94 valence electrons. The van der Waals surface area contributed by atoms with E-state index in [0.29, 0.717) is 5.56 Å². The topological polar surface area (TPSA) is 12.0 Å². The molecular formula is C14H12F3N. The van der Waals surface area contributed by atoms with Gasteiger partial charge in [-0.25, -0.2) is 13.2 Å². The molecule has 0 aliphatic carbocycles. The molecule has 0 unspecified atom stereocenters. The molecule has 1 N–H and O–H groups in total. The normalized spacial score (nSPS) is 10.4. The molecule has 0 amide bonds. The van der Waals surface area contributed by atoms with Crippen LogP contribution in [0.5, 0.6) is 0 Å². The maximum atomic E-state index is 13.7.